The number of ether oxygens (including phenoxy) is 1. The number of nitrogens with zero attached hydrogens (tertiary/aromatic N) is 3. The number of nitrogens with one attached hydrogen (secondary N) is 1. The van der Waals surface area contributed by atoms with E-state index in [0.717, 1.165) is 11.4 Å². The van der Waals surface area contributed by atoms with Crippen LogP contribution in [0.4, 0.5) is 5.82 Å². The van der Waals surface area contributed by atoms with Crippen molar-refractivity contribution in [1.82, 2.24) is 9.78 Å². The van der Waals surface area contributed by atoms with E-state index in [1.54, 1.807) is 35.9 Å². The summed E-state index contributed by atoms with van der Waals surface area (Å²) in [6.07, 6.45) is 0.0546. The summed E-state index contributed by atoms with van der Waals surface area (Å²) in [5.41, 5.74) is 1.88. The second-order valence-corrected chi connectivity index (χ2v) is 7.09. The number of aromatic nitrogens is 2. The maximum absolute atomic E-state index is 12.3. The first-order valence-corrected chi connectivity index (χ1v) is 8.81. The molecule has 0 radical (unpaired) electrons. The van der Waals surface area contributed by atoms with Gasteiger partial charge in [0.1, 0.15) is 5.82 Å². The van der Waals surface area contributed by atoms with Crippen LogP contribution in [0.3, 0.4) is 0 Å². The molecule has 27 heavy (non-hydrogen) atoms. The summed E-state index contributed by atoms with van der Waals surface area (Å²) in [5.74, 6) is -0.180. The van der Waals surface area contributed by atoms with Gasteiger partial charge >= 0.3 is 5.97 Å². The molecule has 1 aromatic carbocycles. The number of anilines is 1. The Morgan fingerprint density at radius 3 is 2.44 bits per heavy atom. The number of rotatable bonds is 6. The summed E-state index contributed by atoms with van der Waals surface area (Å²) < 4.78 is 6.47. The molecule has 142 valence electrons. The van der Waals surface area contributed by atoms with Crippen LogP contribution in [0.5, 0.6) is 0 Å². The average molecular weight is 368 g/mol. The highest BCUT2D eigenvalue weighted by Gasteiger charge is 2.21. The zero-order valence-corrected chi connectivity index (χ0v) is 16.1. The third-order valence-corrected chi connectivity index (χ3v) is 3.85. The van der Waals surface area contributed by atoms with Crippen molar-refractivity contribution in [1.29, 1.82) is 5.26 Å². The number of esters is 1. The van der Waals surface area contributed by atoms with Gasteiger partial charge in [0.2, 0.25) is 5.91 Å². The third kappa shape index (κ3) is 5.42. The maximum atomic E-state index is 12.3. The Bertz CT molecular complexity index is 855. The number of hydrogen-bond donors (Lipinski definition) is 1. The van der Waals surface area contributed by atoms with Gasteiger partial charge in [-0.15, -0.1) is 0 Å². The van der Waals surface area contributed by atoms with Crippen LogP contribution in [-0.2, 0) is 19.7 Å². The van der Waals surface area contributed by atoms with Gasteiger partial charge in [-0.1, -0.05) is 20.8 Å². The molecule has 0 saturated heterocycles. The summed E-state index contributed by atoms with van der Waals surface area (Å²) in [4.78, 5) is 23.7. The highest BCUT2D eigenvalue weighted by atomic mass is 16.5. The van der Waals surface area contributed by atoms with Crippen LogP contribution in [-0.4, -0.2) is 28.3 Å². The van der Waals surface area contributed by atoms with E-state index in [-0.39, 0.29) is 24.2 Å². The molecule has 0 fully saturated rings. The normalized spacial score (nSPS) is 10.9. The Labute approximate surface area is 158 Å². The number of carbonyl (C=O) groups excluding carboxylic acids is 2. The maximum Gasteiger partial charge on any atom is 0.306 e. The minimum Gasteiger partial charge on any atom is -0.466 e. The topological polar surface area (TPSA) is 97.0 Å². The van der Waals surface area contributed by atoms with Gasteiger partial charge in [-0.2, -0.15) is 10.4 Å². The summed E-state index contributed by atoms with van der Waals surface area (Å²) in [7, 11) is 0. The van der Waals surface area contributed by atoms with Crippen LogP contribution in [0.2, 0.25) is 0 Å². The van der Waals surface area contributed by atoms with E-state index in [4.69, 9.17) is 10.00 Å². The predicted octanol–water partition coefficient (Wildman–Crippen LogP) is 3.32. The molecule has 0 aliphatic heterocycles. The average Bonchev–Trinajstić information content (AvgIpc) is 3.04. The molecule has 2 rings (SSSR count). The molecule has 0 aliphatic carbocycles. The van der Waals surface area contributed by atoms with Gasteiger partial charge in [-0.05, 0) is 31.2 Å². The predicted molar refractivity (Wildman–Crippen MR) is 101 cm³/mol. The quantitative estimate of drug-likeness (QED) is 0.789. The van der Waals surface area contributed by atoms with Gasteiger partial charge in [0.15, 0.2) is 0 Å². The summed E-state index contributed by atoms with van der Waals surface area (Å²) >= 11 is 0. The van der Waals surface area contributed by atoms with Gasteiger partial charge in [0.05, 0.1) is 36.0 Å². The van der Waals surface area contributed by atoms with E-state index in [2.05, 4.69) is 16.5 Å². The van der Waals surface area contributed by atoms with Gasteiger partial charge < -0.3 is 10.1 Å². The van der Waals surface area contributed by atoms with E-state index in [9.17, 15) is 9.59 Å². The molecule has 1 heterocycles. The van der Waals surface area contributed by atoms with Crippen molar-refractivity contribution >= 4 is 17.7 Å². The van der Waals surface area contributed by atoms with Gasteiger partial charge in [-0.3, -0.25) is 9.59 Å². The fourth-order valence-electron chi connectivity index (χ4n) is 2.36. The second kappa shape index (κ2) is 8.49. The van der Waals surface area contributed by atoms with E-state index in [1.807, 2.05) is 26.8 Å². The Kier molecular flexibility index (Phi) is 6.35. The van der Waals surface area contributed by atoms with Crippen molar-refractivity contribution in [2.24, 2.45) is 0 Å². The fourth-order valence-corrected chi connectivity index (χ4v) is 2.36. The van der Waals surface area contributed by atoms with E-state index in [0.29, 0.717) is 18.0 Å². The van der Waals surface area contributed by atoms with Crippen LogP contribution < -0.4 is 5.32 Å². The minimum atomic E-state index is -0.399. The molecular formula is C20H24N4O3. The fraction of sp³-hybridized carbons (Fsp3) is 0.400. The molecule has 0 unspecified atom stereocenters. The Morgan fingerprint density at radius 2 is 1.89 bits per heavy atom. The molecule has 0 atom stereocenters. The van der Waals surface area contributed by atoms with Gasteiger partial charge in [0.25, 0.3) is 0 Å². The van der Waals surface area contributed by atoms with E-state index in [1.165, 1.54) is 0 Å². The van der Waals surface area contributed by atoms with Crippen LogP contribution in [0.15, 0.2) is 30.3 Å². The lowest BCUT2D eigenvalue weighted by atomic mass is 9.92. The largest absolute Gasteiger partial charge is 0.466 e. The van der Waals surface area contributed by atoms with Gasteiger partial charge in [-0.25, -0.2) is 4.68 Å². The van der Waals surface area contributed by atoms with Gasteiger partial charge in [0, 0.05) is 17.9 Å². The minimum absolute atomic E-state index is 0.0246. The molecule has 7 nitrogen and oxygen atoms in total. The summed E-state index contributed by atoms with van der Waals surface area (Å²) in [6, 6.07) is 10.8. The van der Waals surface area contributed by atoms with E-state index < -0.39 is 5.97 Å². The molecule has 1 N–H and O–H groups in total. The molecule has 1 amide bonds. The molecule has 0 spiro atoms. The highest BCUT2D eigenvalue weighted by Crippen LogP contribution is 2.26. The lowest BCUT2D eigenvalue weighted by molar-refractivity contribution is -0.144. The number of hydrogen-bond acceptors (Lipinski definition) is 5. The van der Waals surface area contributed by atoms with Crippen molar-refractivity contribution in [3.63, 3.8) is 0 Å². The van der Waals surface area contributed by atoms with Crippen LogP contribution in [0.1, 0.15) is 51.8 Å². The van der Waals surface area contributed by atoms with Crippen molar-refractivity contribution in [2.45, 2.75) is 46.0 Å². The lowest BCUT2D eigenvalue weighted by Gasteiger charge is -2.14. The monoisotopic (exact) mass is 368 g/mol. The molecule has 1 aromatic heterocycles. The number of nitriles is 1. The first kappa shape index (κ1) is 20.2. The lowest BCUT2D eigenvalue weighted by Crippen LogP contribution is -2.17. The Balaban J connectivity index is 2.25. The van der Waals surface area contributed by atoms with Crippen LogP contribution in [0, 0.1) is 11.3 Å². The molecular weight excluding hydrogens is 344 g/mol. The molecule has 0 aliphatic rings. The third-order valence-electron chi connectivity index (χ3n) is 3.85. The zero-order valence-electron chi connectivity index (χ0n) is 16.1. The van der Waals surface area contributed by atoms with Crippen LogP contribution in [0.25, 0.3) is 5.69 Å². The molecule has 2 aromatic rings. The Hall–Kier alpha value is -3.14. The summed E-state index contributed by atoms with van der Waals surface area (Å²) in [5, 5.41) is 16.4. The number of carbonyl (C=O) groups is 2. The van der Waals surface area contributed by atoms with Crippen molar-refractivity contribution in [3.8, 4) is 11.8 Å². The van der Waals surface area contributed by atoms with Crippen molar-refractivity contribution in [3.05, 3.63) is 41.6 Å². The van der Waals surface area contributed by atoms with Crippen LogP contribution >= 0.6 is 0 Å². The second-order valence-electron chi connectivity index (χ2n) is 7.09. The number of amides is 1. The zero-order chi connectivity index (χ0) is 20.0. The summed E-state index contributed by atoms with van der Waals surface area (Å²) in [6.45, 7) is 8.11. The van der Waals surface area contributed by atoms with E-state index >= 15 is 0 Å². The first-order chi connectivity index (χ1) is 12.7. The molecule has 0 saturated carbocycles. The SMILES string of the molecule is CCOC(=O)CCC(=O)Nc1cc(C(C)(C)C)nn1-c1ccc(C#N)cc1. The number of benzene rings is 1. The van der Waals surface area contributed by atoms with Crippen molar-refractivity contribution < 1.29 is 14.3 Å². The smallest absolute Gasteiger partial charge is 0.306 e. The standard InChI is InChI=1S/C20H24N4O3/c1-5-27-19(26)11-10-18(25)22-17-12-16(20(2,3)4)23-24(17)15-8-6-14(13-21)7-9-15/h6-9,12H,5,10-11H2,1-4H3,(H,22,25). The first-order valence-electron chi connectivity index (χ1n) is 8.81. The highest BCUT2D eigenvalue weighted by molar-refractivity contribution is 5.92. The molecule has 0 bridgehead atoms. The van der Waals surface area contributed by atoms with Crippen molar-refractivity contribution in [2.75, 3.05) is 11.9 Å². The Morgan fingerprint density at radius 1 is 1.22 bits per heavy atom. The molecule has 7 heteroatoms.